The molecule has 0 fully saturated rings. The van der Waals surface area contributed by atoms with Crippen molar-refractivity contribution < 1.29 is 17.4 Å². The number of fused-ring (bicyclic) bond motifs is 1. The predicted octanol–water partition coefficient (Wildman–Crippen LogP) is 4.12. The van der Waals surface area contributed by atoms with Crippen LogP contribution in [0.1, 0.15) is 38.7 Å². The molecule has 32 heavy (non-hydrogen) atoms. The van der Waals surface area contributed by atoms with Gasteiger partial charge in [0.15, 0.2) is 0 Å². The summed E-state index contributed by atoms with van der Waals surface area (Å²) in [6, 6.07) is 12.5. The van der Waals surface area contributed by atoms with Crippen molar-refractivity contribution >= 4 is 33.6 Å². The summed E-state index contributed by atoms with van der Waals surface area (Å²) in [7, 11) is -3.57. The fourth-order valence-corrected chi connectivity index (χ4v) is 4.10. The Balaban J connectivity index is 1.91. The molecule has 1 aliphatic heterocycles. The normalized spacial score (nSPS) is 13.5. The maximum Gasteiger partial charge on any atom is 0.306 e. The topological polar surface area (TPSA) is 102 Å². The Morgan fingerprint density at radius 3 is 2.28 bits per heavy atom. The first-order valence-electron chi connectivity index (χ1n) is 10.7. The van der Waals surface area contributed by atoms with Crippen LogP contribution in [0, 0.1) is 0 Å². The lowest BCUT2D eigenvalue weighted by atomic mass is 10.0. The number of carbonyl (C=O) groups excluding carboxylic acids is 1. The molecule has 2 N–H and O–H groups in total. The smallest absolute Gasteiger partial charge is 0.306 e. The Morgan fingerprint density at radius 1 is 1.06 bits per heavy atom. The number of amidine groups is 1. The molecule has 0 saturated carbocycles. The summed E-state index contributed by atoms with van der Waals surface area (Å²) in [5.41, 5.74) is 10.1. The second kappa shape index (κ2) is 9.99. The van der Waals surface area contributed by atoms with Gasteiger partial charge in [-0.1, -0.05) is 38.1 Å². The Bertz CT molecular complexity index is 1150. The van der Waals surface area contributed by atoms with E-state index in [-0.39, 0.29) is 11.7 Å². The Hall–Kier alpha value is -3.13. The molecule has 2 aromatic carbocycles. The first-order valence-corrected chi connectivity index (χ1v) is 12.5. The number of nitrogens with zero attached hydrogens (tertiary/aromatic N) is 2. The average molecular weight is 456 g/mol. The summed E-state index contributed by atoms with van der Waals surface area (Å²) in [4.78, 5) is 19.5. The van der Waals surface area contributed by atoms with Gasteiger partial charge in [0.25, 0.3) is 0 Å². The van der Waals surface area contributed by atoms with Crippen molar-refractivity contribution in [2.75, 3.05) is 19.3 Å². The lowest BCUT2D eigenvalue weighted by Gasteiger charge is -2.22. The fourth-order valence-electron chi connectivity index (χ4n) is 3.64. The molecule has 0 atom stereocenters. The molecular weight excluding hydrogens is 426 g/mol. The summed E-state index contributed by atoms with van der Waals surface area (Å²) in [5.74, 6) is 0.652. The fraction of sp³-hybridized carbons (Fsp3) is 0.333. The molecule has 0 saturated heterocycles. The molecular formula is C24H29N3O4S. The maximum absolute atomic E-state index is 13.1. The van der Waals surface area contributed by atoms with Crippen molar-refractivity contribution in [3.8, 4) is 16.9 Å². The molecule has 2 aromatic rings. The van der Waals surface area contributed by atoms with E-state index in [1.807, 2.05) is 29.2 Å². The average Bonchev–Trinajstić information content (AvgIpc) is 2.90. The van der Waals surface area contributed by atoms with Crippen LogP contribution in [0.2, 0.25) is 0 Å². The summed E-state index contributed by atoms with van der Waals surface area (Å²) >= 11 is 0. The molecule has 3 rings (SSSR count). The lowest BCUT2D eigenvalue weighted by molar-refractivity contribution is -0.127. The molecule has 0 radical (unpaired) electrons. The van der Waals surface area contributed by atoms with Crippen LogP contribution in [0.15, 0.2) is 53.0 Å². The van der Waals surface area contributed by atoms with Crippen molar-refractivity contribution in [3.63, 3.8) is 0 Å². The van der Waals surface area contributed by atoms with Crippen LogP contribution in [-0.2, 0) is 14.9 Å². The highest BCUT2D eigenvalue weighted by Crippen LogP contribution is 2.32. The minimum absolute atomic E-state index is 0.00485. The first kappa shape index (κ1) is 23.5. The molecule has 7 nitrogen and oxygen atoms in total. The molecule has 0 aromatic heterocycles. The van der Waals surface area contributed by atoms with Gasteiger partial charge in [-0.2, -0.15) is 8.42 Å². The number of hydrogen-bond donors (Lipinski definition) is 1. The minimum Gasteiger partial charge on any atom is -0.387 e. The zero-order valence-corrected chi connectivity index (χ0v) is 19.5. The number of hydrogen-bond acceptors (Lipinski definition) is 6. The highest BCUT2D eigenvalue weighted by molar-refractivity contribution is 7.86. The second-order valence-corrected chi connectivity index (χ2v) is 9.40. The van der Waals surface area contributed by atoms with E-state index in [9.17, 15) is 13.2 Å². The molecule has 1 aliphatic rings. The number of nitrogens with two attached hydrogens (primary N) is 1. The standard InChI is InChI=1S/C24H29N3O4S/c1-4-12-27(13-5-2)24(28)20-14-19-7-6-18(15-22(19)26-23(25)16-20)17-8-10-21(11-9-17)31-32(3,29)30/h6-11,14-15H,4-5,12-13,16H2,1-3H3,(H2,25,26). The van der Waals surface area contributed by atoms with E-state index in [0.717, 1.165) is 35.8 Å². The zero-order valence-electron chi connectivity index (χ0n) is 18.7. The maximum atomic E-state index is 13.1. The van der Waals surface area contributed by atoms with Gasteiger partial charge in [0, 0.05) is 30.6 Å². The largest absolute Gasteiger partial charge is 0.387 e. The summed E-state index contributed by atoms with van der Waals surface area (Å²) in [6.07, 6.45) is 5.00. The highest BCUT2D eigenvalue weighted by Gasteiger charge is 2.21. The number of carbonyl (C=O) groups is 1. The Labute approximate surface area is 189 Å². The lowest BCUT2D eigenvalue weighted by Crippen LogP contribution is -2.34. The first-order chi connectivity index (χ1) is 15.2. The molecule has 8 heteroatoms. The molecule has 1 heterocycles. The summed E-state index contributed by atoms with van der Waals surface area (Å²) < 4.78 is 27.5. The predicted molar refractivity (Wildman–Crippen MR) is 128 cm³/mol. The van der Waals surface area contributed by atoms with Crippen LogP contribution in [-0.4, -0.2) is 44.4 Å². The van der Waals surface area contributed by atoms with Gasteiger partial charge in [0.05, 0.1) is 11.9 Å². The van der Waals surface area contributed by atoms with Crippen LogP contribution in [0.25, 0.3) is 17.2 Å². The van der Waals surface area contributed by atoms with Crippen LogP contribution < -0.4 is 9.92 Å². The van der Waals surface area contributed by atoms with Crippen molar-refractivity contribution in [2.45, 2.75) is 33.1 Å². The zero-order chi connectivity index (χ0) is 23.3. The number of rotatable bonds is 8. The van der Waals surface area contributed by atoms with Crippen LogP contribution in [0.3, 0.4) is 0 Å². The Morgan fingerprint density at radius 2 is 1.69 bits per heavy atom. The van der Waals surface area contributed by atoms with Gasteiger partial charge >= 0.3 is 10.1 Å². The third-order valence-corrected chi connectivity index (χ3v) is 5.48. The van der Waals surface area contributed by atoms with Crippen molar-refractivity contribution in [1.29, 1.82) is 0 Å². The molecule has 170 valence electrons. The number of amides is 1. The quantitative estimate of drug-likeness (QED) is 0.604. The molecule has 0 spiro atoms. The van der Waals surface area contributed by atoms with Gasteiger partial charge in [-0.3, -0.25) is 4.79 Å². The summed E-state index contributed by atoms with van der Waals surface area (Å²) in [6.45, 7) is 5.55. The third kappa shape index (κ3) is 5.97. The van der Waals surface area contributed by atoms with Crippen molar-refractivity contribution in [2.24, 2.45) is 10.7 Å². The van der Waals surface area contributed by atoms with E-state index >= 15 is 0 Å². The van der Waals surface area contributed by atoms with Crippen LogP contribution in [0.5, 0.6) is 5.75 Å². The van der Waals surface area contributed by atoms with Gasteiger partial charge in [-0.15, -0.1) is 0 Å². The summed E-state index contributed by atoms with van der Waals surface area (Å²) in [5, 5.41) is 0. The van der Waals surface area contributed by atoms with Crippen molar-refractivity contribution in [1.82, 2.24) is 4.90 Å². The number of aliphatic imine (C=N–C) groups is 1. The molecule has 0 bridgehead atoms. The van der Waals surface area contributed by atoms with E-state index in [1.165, 1.54) is 0 Å². The molecule has 0 unspecified atom stereocenters. The van der Waals surface area contributed by atoms with Gasteiger partial charge in [0.2, 0.25) is 5.91 Å². The minimum atomic E-state index is -3.57. The SMILES string of the molecule is CCCN(CCC)C(=O)C1=Cc2ccc(-c3ccc(OS(C)(=O)=O)cc3)cc2N=C(N)C1. The van der Waals surface area contributed by atoms with Crippen LogP contribution >= 0.6 is 0 Å². The highest BCUT2D eigenvalue weighted by atomic mass is 32.2. The van der Waals surface area contributed by atoms with E-state index in [4.69, 9.17) is 9.92 Å². The Kier molecular flexibility index (Phi) is 7.35. The van der Waals surface area contributed by atoms with Gasteiger partial charge in [-0.25, -0.2) is 4.99 Å². The van der Waals surface area contributed by atoms with E-state index in [0.29, 0.717) is 36.6 Å². The van der Waals surface area contributed by atoms with Gasteiger partial charge in [0.1, 0.15) is 11.6 Å². The van der Waals surface area contributed by atoms with Crippen molar-refractivity contribution in [3.05, 3.63) is 53.6 Å². The van der Waals surface area contributed by atoms with E-state index in [2.05, 4.69) is 18.8 Å². The second-order valence-electron chi connectivity index (χ2n) is 7.83. The van der Waals surface area contributed by atoms with Gasteiger partial charge in [-0.05, 0) is 48.2 Å². The van der Waals surface area contributed by atoms with Gasteiger partial charge < -0.3 is 14.8 Å². The molecule has 0 aliphatic carbocycles. The third-order valence-electron chi connectivity index (χ3n) is 4.98. The van der Waals surface area contributed by atoms with Crippen LogP contribution in [0.4, 0.5) is 5.69 Å². The number of benzene rings is 2. The molecule has 1 amide bonds. The monoisotopic (exact) mass is 455 g/mol. The van der Waals surface area contributed by atoms with E-state index in [1.54, 1.807) is 24.3 Å². The van der Waals surface area contributed by atoms with E-state index < -0.39 is 10.1 Å².